The van der Waals surface area contributed by atoms with Crippen molar-refractivity contribution in [1.82, 2.24) is 20.2 Å². The minimum atomic E-state index is -1.23. The number of fused-ring (bicyclic) bond motifs is 1. The number of β-lactam (4-membered cyclic amide) rings is 1. The zero-order valence-corrected chi connectivity index (χ0v) is 18.8. The molecule has 2 atom stereocenters. The number of hydrogen-bond acceptors (Lipinski definition) is 11. The van der Waals surface area contributed by atoms with Gasteiger partial charge < -0.3 is 26.7 Å². The lowest BCUT2D eigenvalue weighted by molar-refractivity contribution is -0.688. The molecule has 2 aliphatic heterocycles. The number of hydrogen-bond donors (Lipinski definition) is 4. The maximum atomic E-state index is 12.9. The molecule has 33 heavy (non-hydrogen) atoms. The summed E-state index contributed by atoms with van der Waals surface area (Å²) in [6.07, 6.45) is 4.74. The molecule has 2 aliphatic rings. The second-order valence-corrected chi connectivity index (χ2v) is 8.96. The highest BCUT2D eigenvalue weighted by Crippen LogP contribution is 2.40. The number of anilines is 2. The Morgan fingerprint density at radius 2 is 2.24 bits per heavy atom. The number of nitrogen functional groups attached to an aromatic ring is 2. The number of oxime groups is 1. The molecule has 0 bridgehead atoms. The van der Waals surface area contributed by atoms with Crippen LogP contribution in [-0.2, 0) is 25.8 Å². The quantitative estimate of drug-likeness (QED) is 0.158. The molecule has 0 aromatic carbocycles. The number of carboxylic acids is 1. The van der Waals surface area contributed by atoms with E-state index >= 15 is 0 Å². The third-order valence-electron chi connectivity index (χ3n) is 4.85. The van der Waals surface area contributed by atoms with Gasteiger partial charge in [-0.15, -0.1) is 23.1 Å². The summed E-state index contributed by atoms with van der Waals surface area (Å²) in [5, 5.41) is 17.3. The molecule has 172 valence electrons. The zero-order valence-electron chi connectivity index (χ0n) is 17.2. The van der Waals surface area contributed by atoms with Crippen LogP contribution in [0.3, 0.4) is 0 Å². The van der Waals surface area contributed by atoms with Gasteiger partial charge in [0.05, 0.1) is 6.20 Å². The number of aromatic nitrogens is 3. The minimum absolute atomic E-state index is 0.102. The van der Waals surface area contributed by atoms with Crippen LogP contribution in [0.4, 0.5) is 10.9 Å². The van der Waals surface area contributed by atoms with Crippen molar-refractivity contribution in [3.05, 3.63) is 40.9 Å². The van der Waals surface area contributed by atoms with E-state index in [0.717, 1.165) is 11.3 Å². The summed E-state index contributed by atoms with van der Waals surface area (Å²) in [4.78, 5) is 51.5. The highest BCUT2D eigenvalue weighted by atomic mass is 32.2. The van der Waals surface area contributed by atoms with Gasteiger partial charge in [0.25, 0.3) is 11.8 Å². The normalized spacial score (nSPS) is 20.2. The number of carboxylic acid groups (broad SMARTS) is 1. The molecule has 2 aromatic heterocycles. The van der Waals surface area contributed by atoms with E-state index in [1.807, 2.05) is 0 Å². The topological polar surface area (TPSA) is 190 Å². The highest BCUT2D eigenvalue weighted by molar-refractivity contribution is 8.00. The average molecular weight is 492 g/mol. The Bertz CT molecular complexity index is 1200. The van der Waals surface area contributed by atoms with Crippen molar-refractivity contribution in [2.24, 2.45) is 5.16 Å². The van der Waals surface area contributed by atoms with Crippen molar-refractivity contribution in [2.75, 3.05) is 24.3 Å². The number of carbonyl (C=O) groups excluding carboxylic acids is 2. The molecule has 15 heteroatoms. The molecule has 6 N–H and O–H groups in total. The second-order valence-electron chi connectivity index (χ2n) is 6.97. The van der Waals surface area contributed by atoms with Crippen LogP contribution in [0, 0.1) is 0 Å². The molecule has 2 amide bonds. The summed E-state index contributed by atoms with van der Waals surface area (Å²) in [6, 6.07) is -0.930. The van der Waals surface area contributed by atoms with Gasteiger partial charge >= 0.3 is 5.97 Å². The van der Waals surface area contributed by atoms with Gasteiger partial charge in [0.1, 0.15) is 29.9 Å². The Labute approximate surface area is 195 Å². The Hall–Kier alpha value is -3.72. The molecular weight excluding hydrogens is 472 g/mol. The summed E-state index contributed by atoms with van der Waals surface area (Å²) in [5.41, 5.74) is 11.8. The van der Waals surface area contributed by atoms with Crippen molar-refractivity contribution >= 4 is 57.5 Å². The lowest BCUT2D eigenvalue weighted by Crippen LogP contribution is -2.71. The van der Waals surface area contributed by atoms with Crippen LogP contribution in [0.1, 0.15) is 5.69 Å². The molecular formula is C18H19N8O5S2+. The fraction of sp³-hybridized carbons (Fsp3) is 0.278. The molecule has 0 aliphatic carbocycles. The van der Waals surface area contributed by atoms with Crippen molar-refractivity contribution in [2.45, 2.75) is 18.0 Å². The number of thiazole rings is 1. The van der Waals surface area contributed by atoms with Crippen LogP contribution >= 0.6 is 23.1 Å². The van der Waals surface area contributed by atoms with Gasteiger partial charge in [-0.1, -0.05) is 5.16 Å². The van der Waals surface area contributed by atoms with Crippen molar-refractivity contribution < 1.29 is 28.9 Å². The monoisotopic (exact) mass is 491 g/mol. The van der Waals surface area contributed by atoms with Gasteiger partial charge in [-0.05, 0) is 0 Å². The van der Waals surface area contributed by atoms with Gasteiger partial charge in [-0.3, -0.25) is 14.5 Å². The van der Waals surface area contributed by atoms with Crippen LogP contribution in [0.2, 0.25) is 0 Å². The molecule has 1 unspecified atom stereocenters. The fourth-order valence-electron chi connectivity index (χ4n) is 3.48. The predicted molar refractivity (Wildman–Crippen MR) is 119 cm³/mol. The first-order chi connectivity index (χ1) is 15.8. The van der Waals surface area contributed by atoms with E-state index in [1.165, 1.54) is 35.3 Å². The Morgan fingerprint density at radius 1 is 1.45 bits per heavy atom. The van der Waals surface area contributed by atoms with Crippen LogP contribution in [0.15, 0.2) is 40.4 Å². The first-order valence-corrected chi connectivity index (χ1v) is 11.4. The number of nitrogens with two attached hydrogens (primary N) is 2. The van der Waals surface area contributed by atoms with Gasteiger partial charge in [-0.2, -0.15) is 4.57 Å². The van der Waals surface area contributed by atoms with Crippen molar-refractivity contribution in [1.29, 1.82) is 0 Å². The van der Waals surface area contributed by atoms with Gasteiger partial charge in [0.15, 0.2) is 29.4 Å². The fourth-order valence-corrected chi connectivity index (χ4v) is 5.36. The zero-order chi connectivity index (χ0) is 23.7. The number of nitrogens with one attached hydrogen (secondary N) is 1. The number of amides is 2. The molecule has 1 fully saturated rings. The smallest absolute Gasteiger partial charge is 0.352 e. The third-order valence-corrected chi connectivity index (χ3v) is 6.87. The summed E-state index contributed by atoms with van der Waals surface area (Å²) in [6.45, 7) is 0.227. The van der Waals surface area contributed by atoms with E-state index in [2.05, 4.69) is 20.4 Å². The third kappa shape index (κ3) is 4.31. The molecule has 0 saturated carbocycles. The Morgan fingerprint density at radius 3 is 2.88 bits per heavy atom. The van der Waals surface area contributed by atoms with E-state index in [1.54, 1.807) is 17.0 Å². The maximum Gasteiger partial charge on any atom is 0.352 e. The number of rotatable bonds is 7. The second kappa shape index (κ2) is 9.03. The lowest BCUT2D eigenvalue weighted by atomic mass is 10.0. The van der Waals surface area contributed by atoms with Crippen LogP contribution < -0.4 is 21.4 Å². The molecule has 4 rings (SSSR count). The van der Waals surface area contributed by atoms with E-state index in [4.69, 9.17) is 16.3 Å². The standard InChI is InChI=1S/C18H18N8O5S2/c1-31-24-11(9-7-33-18(20)22-9)14(27)23-12-15(28)26-13(17(29)30)8(6-32-16(12)26)4-25-3-2-21-10(19)5-25/h2-3,5,7,12,16H,4,6H2,1H3,(H5-,19,20,21,22,23,27,29,30)/p+1/b24-11-/t12?,16-/m1/s1. The molecule has 0 spiro atoms. The van der Waals surface area contributed by atoms with E-state index in [-0.39, 0.29) is 34.6 Å². The summed E-state index contributed by atoms with van der Waals surface area (Å²) in [7, 11) is 1.27. The van der Waals surface area contributed by atoms with E-state index in [9.17, 15) is 19.5 Å². The van der Waals surface area contributed by atoms with Gasteiger partial charge in [0, 0.05) is 16.7 Å². The number of aliphatic carboxylic acids is 1. The van der Waals surface area contributed by atoms with Crippen LogP contribution in [0.5, 0.6) is 0 Å². The maximum absolute atomic E-state index is 12.9. The molecule has 4 heterocycles. The highest BCUT2D eigenvalue weighted by Gasteiger charge is 2.54. The predicted octanol–water partition coefficient (Wildman–Crippen LogP) is -1.22. The molecule has 2 aromatic rings. The van der Waals surface area contributed by atoms with E-state index < -0.39 is 29.2 Å². The molecule has 13 nitrogen and oxygen atoms in total. The van der Waals surface area contributed by atoms with Gasteiger partial charge in [0.2, 0.25) is 6.20 Å². The average Bonchev–Trinajstić information content (AvgIpc) is 3.21. The molecule has 0 radical (unpaired) electrons. The first-order valence-electron chi connectivity index (χ1n) is 9.44. The van der Waals surface area contributed by atoms with Crippen molar-refractivity contribution in [3.63, 3.8) is 0 Å². The van der Waals surface area contributed by atoms with Crippen LogP contribution in [0.25, 0.3) is 0 Å². The number of carbonyl (C=O) groups is 3. The van der Waals surface area contributed by atoms with E-state index in [0.29, 0.717) is 11.3 Å². The summed E-state index contributed by atoms with van der Waals surface area (Å²) in [5.74, 6) is -1.82. The first kappa shape index (κ1) is 22.5. The van der Waals surface area contributed by atoms with Crippen molar-refractivity contribution in [3.8, 4) is 0 Å². The largest absolute Gasteiger partial charge is 0.477 e. The molecule has 1 saturated heterocycles. The number of nitrogens with zero attached hydrogens (tertiary/aromatic N) is 5. The number of thioether (sulfide) groups is 1. The SMILES string of the molecule is CO/N=C(\C(=O)NC1C(=O)N2C(C(=O)O)=C(C[n+]3ccnc(N)c3)CS[C@H]12)c1csc(N)n1. The Kier molecular flexibility index (Phi) is 6.15. The Balaban J connectivity index is 1.54. The minimum Gasteiger partial charge on any atom is -0.477 e. The van der Waals surface area contributed by atoms with Gasteiger partial charge in [-0.25, -0.2) is 14.8 Å². The summed E-state index contributed by atoms with van der Waals surface area (Å²) >= 11 is 2.47. The van der Waals surface area contributed by atoms with Crippen LogP contribution in [-0.4, -0.2) is 67.7 Å². The lowest BCUT2D eigenvalue weighted by Gasteiger charge is -2.49. The summed E-state index contributed by atoms with van der Waals surface area (Å²) < 4.78 is 1.69.